The van der Waals surface area contributed by atoms with Gasteiger partial charge in [-0.25, -0.2) is 9.37 Å². The summed E-state index contributed by atoms with van der Waals surface area (Å²) in [6.45, 7) is 15.0. The van der Waals surface area contributed by atoms with Gasteiger partial charge < -0.3 is 30.3 Å². The van der Waals surface area contributed by atoms with Crippen molar-refractivity contribution in [1.82, 2.24) is 24.9 Å². The molecule has 4 aromatic rings. The van der Waals surface area contributed by atoms with E-state index >= 15 is 4.39 Å². The molecule has 0 spiro atoms. The Hall–Kier alpha value is -4.38. The van der Waals surface area contributed by atoms with E-state index in [1.54, 1.807) is 17.0 Å². The van der Waals surface area contributed by atoms with E-state index in [0.29, 0.717) is 53.8 Å². The van der Waals surface area contributed by atoms with Gasteiger partial charge in [0, 0.05) is 74.4 Å². The number of aryl methyl sites for hydroxylation is 1. The highest BCUT2D eigenvalue weighted by Crippen LogP contribution is 2.44. The summed E-state index contributed by atoms with van der Waals surface area (Å²) in [6, 6.07) is 4.99. The predicted octanol–water partition coefficient (Wildman–Crippen LogP) is 5.61. The van der Waals surface area contributed by atoms with Crippen LogP contribution in [0.4, 0.5) is 22.0 Å². The highest BCUT2D eigenvalue weighted by molar-refractivity contribution is 6.35. The molecule has 1 aliphatic heterocycles. The summed E-state index contributed by atoms with van der Waals surface area (Å²) in [4.78, 5) is 27.8. The third-order valence-electron chi connectivity index (χ3n) is 8.03. The van der Waals surface area contributed by atoms with Crippen molar-refractivity contribution in [3.8, 4) is 11.1 Å². The average molecular weight is 607 g/mol. The lowest BCUT2D eigenvalue weighted by Crippen LogP contribution is -2.58. The number of fused-ring (bicyclic) bond motifs is 2. The number of nitrogens with two attached hydrogens (primary N) is 1. The molecule has 43 heavy (non-hydrogen) atoms. The topological polar surface area (TPSA) is 117 Å². The number of halogens is 2. The lowest BCUT2D eigenvalue weighted by atomic mass is 9.94. The maximum Gasteiger partial charge on any atom is 0.246 e. The molecule has 5 rings (SSSR count). The van der Waals surface area contributed by atoms with Gasteiger partial charge in [0.15, 0.2) is 17.2 Å². The number of carbonyl (C=O) groups excluding carboxylic acids is 1. The van der Waals surface area contributed by atoms with Crippen LogP contribution in [0.3, 0.4) is 0 Å². The Morgan fingerprint density at radius 2 is 2.00 bits per heavy atom. The standard InChI is InChI=1S/C31H36ClFN8O2/c1-8-23(42)40-14-19(5)41(15-18(40)4)30-20-13-21(32)25(24-16(2)9-10-22-26(24)29(34)38-43-22)27(33)28(20)36-31(37-30)35-12-11-17(3)39(6)7/h8-10,13,18-19H,1,3,11-12,14-15H2,2,4-7H3,(H2,34,38)(H,35,36,37)/t18-,19+/m1/s1. The Labute approximate surface area is 255 Å². The number of hydrogen-bond acceptors (Lipinski definition) is 9. The molecule has 2 atom stereocenters. The van der Waals surface area contributed by atoms with Crippen molar-refractivity contribution in [3.63, 3.8) is 0 Å². The van der Waals surface area contributed by atoms with E-state index < -0.39 is 5.82 Å². The smallest absolute Gasteiger partial charge is 0.246 e. The predicted molar refractivity (Wildman–Crippen MR) is 171 cm³/mol. The van der Waals surface area contributed by atoms with Crippen LogP contribution in [0.25, 0.3) is 33.0 Å². The fourth-order valence-electron chi connectivity index (χ4n) is 5.58. The first-order valence-corrected chi connectivity index (χ1v) is 14.4. The summed E-state index contributed by atoms with van der Waals surface area (Å²) in [7, 11) is 3.86. The molecule has 1 amide bonds. The van der Waals surface area contributed by atoms with E-state index in [1.807, 2.05) is 45.8 Å². The second kappa shape index (κ2) is 11.7. The highest BCUT2D eigenvalue weighted by Gasteiger charge is 2.34. The van der Waals surface area contributed by atoms with Crippen LogP contribution in [0.1, 0.15) is 25.8 Å². The molecule has 10 nitrogen and oxygen atoms in total. The van der Waals surface area contributed by atoms with Gasteiger partial charge in [-0.1, -0.05) is 36.0 Å². The zero-order valence-corrected chi connectivity index (χ0v) is 25.8. The van der Waals surface area contributed by atoms with E-state index in [1.165, 1.54) is 6.08 Å². The zero-order chi connectivity index (χ0) is 31.2. The molecule has 1 aliphatic rings. The van der Waals surface area contributed by atoms with Gasteiger partial charge in [-0.2, -0.15) is 4.98 Å². The minimum atomic E-state index is -0.607. The molecule has 2 aromatic heterocycles. The quantitative estimate of drug-likeness (QED) is 0.247. The van der Waals surface area contributed by atoms with Crippen LogP contribution in [0.15, 0.2) is 47.7 Å². The number of rotatable bonds is 8. The Morgan fingerprint density at radius 3 is 2.70 bits per heavy atom. The first kappa shape index (κ1) is 30.1. The fourth-order valence-corrected chi connectivity index (χ4v) is 5.87. The van der Waals surface area contributed by atoms with Crippen LogP contribution in [-0.2, 0) is 4.79 Å². The zero-order valence-electron chi connectivity index (χ0n) is 25.0. The molecule has 2 aromatic carbocycles. The van der Waals surface area contributed by atoms with Gasteiger partial charge in [0.25, 0.3) is 0 Å². The lowest BCUT2D eigenvalue weighted by molar-refractivity contribution is -0.128. The summed E-state index contributed by atoms with van der Waals surface area (Å²) in [5.41, 5.74) is 9.02. The van der Waals surface area contributed by atoms with Gasteiger partial charge in [0.1, 0.15) is 11.3 Å². The number of amides is 1. The third kappa shape index (κ3) is 5.45. The molecule has 0 unspecified atom stereocenters. The molecule has 226 valence electrons. The average Bonchev–Trinajstić information content (AvgIpc) is 3.35. The van der Waals surface area contributed by atoms with E-state index in [-0.39, 0.29) is 45.9 Å². The molecule has 3 heterocycles. The van der Waals surface area contributed by atoms with Gasteiger partial charge in [-0.05, 0) is 44.5 Å². The number of nitrogens with zero attached hydrogens (tertiary/aromatic N) is 6. The van der Waals surface area contributed by atoms with Crippen LogP contribution in [-0.4, -0.2) is 76.6 Å². The Kier molecular flexibility index (Phi) is 8.20. The molecule has 0 radical (unpaired) electrons. The van der Waals surface area contributed by atoms with Crippen LogP contribution in [0, 0.1) is 12.7 Å². The Bertz CT molecular complexity index is 1750. The molecule has 1 fully saturated rings. The second-order valence-electron chi connectivity index (χ2n) is 11.2. The van der Waals surface area contributed by atoms with E-state index in [4.69, 9.17) is 26.8 Å². The molecule has 1 saturated heterocycles. The van der Waals surface area contributed by atoms with Crippen molar-refractivity contribution in [2.24, 2.45) is 0 Å². The third-order valence-corrected chi connectivity index (χ3v) is 8.33. The van der Waals surface area contributed by atoms with E-state index in [9.17, 15) is 4.79 Å². The van der Waals surface area contributed by atoms with Gasteiger partial charge in [-0.15, -0.1) is 0 Å². The van der Waals surface area contributed by atoms with E-state index in [0.717, 1.165) is 11.3 Å². The lowest BCUT2D eigenvalue weighted by Gasteiger charge is -2.44. The largest absolute Gasteiger partial charge is 0.381 e. The number of carbonyl (C=O) groups is 1. The first-order chi connectivity index (χ1) is 20.4. The summed E-state index contributed by atoms with van der Waals surface area (Å²) >= 11 is 6.88. The SMILES string of the molecule is C=CC(=O)N1C[C@H](C)N(c2nc(NCCC(=C)N(C)C)nc3c(F)c(-c4c(C)ccc5onc(N)c45)c(Cl)cc23)C[C@H]1C. The van der Waals surface area contributed by atoms with Crippen molar-refractivity contribution < 1.29 is 13.7 Å². The molecular formula is C31H36ClFN8O2. The highest BCUT2D eigenvalue weighted by atomic mass is 35.5. The van der Waals surface area contributed by atoms with Gasteiger partial charge >= 0.3 is 0 Å². The molecule has 3 N–H and O–H groups in total. The van der Waals surface area contributed by atoms with Gasteiger partial charge in [-0.3, -0.25) is 4.79 Å². The number of piperazine rings is 1. The summed E-state index contributed by atoms with van der Waals surface area (Å²) in [5.74, 6) is 0.197. The number of hydrogen-bond donors (Lipinski definition) is 2. The molecule has 12 heteroatoms. The van der Waals surface area contributed by atoms with Crippen molar-refractivity contribution >= 4 is 57.0 Å². The maximum absolute atomic E-state index is 16.8. The molecule has 0 bridgehead atoms. The van der Waals surface area contributed by atoms with Crippen LogP contribution < -0.4 is 16.0 Å². The van der Waals surface area contributed by atoms with Crippen LogP contribution in [0.2, 0.25) is 5.02 Å². The number of benzene rings is 2. The van der Waals surface area contributed by atoms with E-state index in [2.05, 4.69) is 33.5 Å². The second-order valence-corrected chi connectivity index (χ2v) is 11.6. The fraction of sp³-hybridized carbons (Fsp3) is 0.355. The normalized spacial score (nSPS) is 17.0. The Balaban J connectivity index is 1.69. The molecular weight excluding hydrogens is 571 g/mol. The number of nitrogens with one attached hydrogen (secondary N) is 1. The van der Waals surface area contributed by atoms with Crippen molar-refractivity contribution in [1.29, 1.82) is 0 Å². The summed E-state index contributed by atoms with van der Waals surface area (Å²) < 4.78 is 22.2. The Morgan fingerprint density at radius 1 is 1.26 bits per heavy atom. The van der Waals surface area contributed by atoms with Crippen molar-refractivity contribution in [2.75, 3.05) is 49.7 Å². The number of nitrogen functional groups attached to an aromatic ring is 1. The van der Waals surface area contributed by atoms with Crippen molar-refractivity contribution in [3.05, 3.63) is 59.5 Å². The minimum absolute atomic E-state index is 0.106. The van der Waals surface area contributed by atoms with Crippen LogP contribution in [0.5, 0.6) is 0 Å². The first-order valence-electron chi connectivity index (χ1n) is 14.1. The molecule has 0 saturated carbocycles. The van der Waals surface area contributed by atoms with Gasteiger partial charge in [0.2, 0.25) is 11.9 Å². The molecule has 0 aliphatic carbocycles. The van der Waals surface area contributed by atoms with Gasteiger partial charge in [0.05, 0.1) is 10.4 Å². The van der Waals surface area contributed by atoms with Crippen LogP contribution >= 0.6 is 11.6 Å². The number of aromatic nitrogens is 3. The maximum atomic E-state index is 16.8. The van der Waals surface area contributed by atoms with Crippen molar-refractivity contribution in [2.45, 2.75) is 39.3 Å². The summed E-state index contributed by atoms with van der Waals surface area (Å²) in [5, 5.41) is 8.26. The number of anilines is 3. The monoisotopic (exact) mass is 606 g/mol. The summed E-state index contributed by atoms with van der Waals surface area (Å²) in [6.07, 6.45) is 1.96. The minimum Gasteiger partial charge on any atom is -0.381 e.